The molecule has 0 aliphatic carbocycles. The van der Waals surface area contributed by atoms with Crippen LogP contribution in [0.3, 0.4) is 0 Å². The topological polar surface area (TPSA) is 115 Å². The Bertz CT molecular complexity index is 1020. The summed E-state index contributed by atoms with van der Waals surface area (Å²) in [4.78, 5) is 20.3. The number of alkyl halides is 3. The van der Waals surface area contributed by atoms with Gasteiger partial charge in [0.1, 0.15) is 0 Å². The first-order chi connectivity index (χ1) is 14.9. The van der Waals surface area contributed by atoms with Crippen LogP contribution in [-0.2, 0) is 32.3 Å². The fraction of sp³-hybridized carbons (Fsp3) is 0.300. The monoisotopic (exact) mass is 474 g/mol. The highest BCUT2D eigenvalue weighted by atomic mass is 32.2. The Labute approximate surface area is 182 Å². The second-order valence-corrected chi connectivity index (χ2v) is 8.70. The standard InChI is InChI=1S/C18H19F3N2O2S.C2H2O4/c19-18(20,21)17-9-5-4-6-15(17)14-22-10-12-23(13-11-22)26(24,25)16-7-2-1-3-8-16;3-1(4)2(5)6/h1-9H,10-14H2;(H,3,4)(H,5,6). The van der Waals surface area contributed by atoms with Gasteiger partial charge in [-0.3, -0.25) is 4.90 Å². The molecule has 0 radical (unpaired) electrons. The van der Waals surface area contributed by atoms with E-state index in [1.165, 1.54) is 16.4 Å². The molecule has 0 atom stereocenters. The molecule has 0 aromatic heterocycles. The van der Waals surface area contributed by atoms with Crippen molar-refractivity contribution in [2.45, 2.75) is 17.6 Å². The summed E-state index contributed by atoms with van der Waals surface area (Å²) >= 11 is 0. The number of hydrogen-bond acceptors (Lipinski definition) is 5. The molecule has 0 amide bonds. The molecule has 2 aromatic carbocycles. The lowest BCUT2D eigenvalue weighted by Gasteiger charge is -2.34. The van der Waals surface area contributed by atoms with Crippen LogP contribution in [0.1, 0.15) is 11.1 Å². The largest absolute Gasteiger partial charge is 0.473 e. The zero-order chi connectivity index (χ0) is 23.9. The van der Waals surface area contributed by atoms with Gasteiger partial charge in [0.15, 0.2) is 0 Å². The van der Waals surface area contributed by atoms with Gasteiger partial charge in [0.2, 0.25) is 10.0 Å². The molecular weight excluding hydrogens is 453 g/mol. The Kier molecular flexibility index (Phi) is 8.36. The fourth-order valence-corrected chi connectivity index (χ4v) is 4.49. The number of nitrogens with zero attached hydrogens (tertiary/aromatic N) is 2. The first-order valence-electron chi connectivity index (χ1n) is 9.32. The van der Waals surface area contributed by atoms with Crippen LogP contribution >= 0.6 is 0 Å². The summed E-state index contributed by atoms with van der Waals surface area (Å²) in [6.45, 7) is 1.43. The van der Waals surface area contributed by atoms with Crippen molar-refractivity contribution in [2.75, 3.05) is 26.2 Å². The minimum atomic E-state index is -4.39. The van der Waals surface area contributed by atoms with Gasteiger partial charge in [-0.15, -0.1) is 0 Å². The lowest BCUT2D eigenvalue weighted by atomic mass is 10.1. The van der Waals surface area contributed by atoms with Gasteiger partial charge in [-0.25, -0.2) is 18.0 Å². The summed E-state index contributed by atoms with van der Waals surface area (Å²) in [6, 6.07) is 13.7. The summed E-state index contributed by atoms with van der Waals surface area (Å²) in [7, 11) is -3.56. The highest BCUT2D eigenvalue weighted by Gasteiger charge is 2.34. The highest BCUT2D eigenvalue weighted by molar-refractivity contribution is 7.89. The van der Waals surface area contributed by atoms with Gasteiger partial charge in [0, 0.05) is 32.7 Å². The van der Waals surface area contributed by atoms with Crippen molar-refractivity contribution in [3.63, 3.8) is 0 Å². The fourth-order valence-electron chi connectivity index (χ4n) is 3.05. The van der Waals surface area contributed by atoms with E-state index in [9.17, 15) is 21.6 Å². The summed E-state index contributed by atoms with van der Waals surface area (Å²) in [5.74, 6) is -3.65. The SMILES string of the molecule is O=C(O)C(=O)O.O=S(=O)(c1ccccc1)N1CCN(Cc2ccccc2C(F)(F)F)CC1. The molecule has 1 saturated heterocycles. The number of carboxylic acid groups (broad SMARTS) is 2. The molecule has 12 heteroatoms. The zero-order valence-corrected chi connectivity index (χ0v) is 17.5. The van der Waals surface area contributed by atoms with E-state index < -0.39 is 33.7 Å². The second kappa shape index (κ2) is 10.6. The summed E-state index contributed by atoms with van der Waals surface area (Å²) in [5.41, 5.74) is -0.432. The molecule has 8 nitrogen and oxygen atoms in total. The normalized spacial score (nSPS) is 15.5. The Morgan fingerprint density at radius 3 is 1.84 bits per heavy atom. The number of piperazine rings is 1. The van der Waals surface area contributed by atoms with E-state index in [0.29, 0.717) is 13.1 Å². The van der Waals surface area contributed by atoms with Crippen LogP contribution in [-0.4, -0.2) is 66.0 Å². The van der Waals surface area contributed by atoms with Gasteiger partial charge in [0.05, 0.1) is 10.5 Å². The van der Waals surface area contributed by atoms with E-state index in [1.54, 1.807) is 36.4 Å². The summed E-state index contributed by atoms with van der Waals surface area (Å²) in [6.07, 6.45) is -4.39. The number of benzene rings is 2. The number of sulfonamides is 1. The Balaban J connectivity index is 0.000000534. The van der Waals surface area contributed by atoms with Crippen molar-refractivity contribution in [1.29, 1.82) is 0 Å². The molecule has 32 heavy (non-hydrogen) atoms. The smallest absolute Gasteiger partial charge is 0.416 e. The highest BCUT2D eigenvalue weighted by Crippen LogP contribution is 2.32. The molecule has 174 valence electrons. The predicted molar refractivity (Wildman–Crippen MR) is 107 cm³/mol. The van der Waals surface area contributed by atoms with Gasteiger partial charge in [0.25, 0.3) is 0 Å². The van der Waals surface area contributed by atoms with Crippen molar-refractivity contribution in [3.05, 3.63) is 65.7 Å². The van der Waals surface area contributed by atoms with E-state index in [-0.39, 0.29) is 30.1 Å². The minimum absolute atomic E-state index is 0.148. The maximum Gasteiger partial charge on any atom is 0.416 e. The van der Waals surface area contributed by atoms with Crippen molar-refractivity contribution >= 4 is 22.0 Å². The van der Waals surface area contributed by atoms with Crippen LogP contribution in [0.25, 0.3) is 0 Å². The number of carbonyl (C=O) groups is 2. The number of halogens is 3. The zero-order valence-electron chi connectivity index (χ0n) is 16.7. The third-order valence-electron chi connectivity index (χ3n) is 4.61. The van der Waals surface area contributed by atoms with Crippen LogP contribution in [0.5, 0.6) is 0 Å². The number of rotatable bonds is 4. The van der Waals surface area contributed by atoms with E-state index >= 15 is 0 Å². The van der Waals surface area contributed by atoms with Crippen molar-refractivity contribution in [1.82, 2.24) is 9.21 Å². The number of carboxylic acids is 2. The van der Waals surface area contributed by atoms with Gasteiger partial charge in [-0.1, -0.05) is 36.4 Å². The molecule has 0 saturated carbocycles. The molecule has 3 rings (SSSR count). The molecule has 2 N–H and O–H groups in total. The van der Waals surface area contributed by atoms with Crippen LogP contribution in [0.4, 0.5) is 13.2 Å². The van der Waals surface area contributed by atoms with Crippen LogP contribution < -0.4 is 0 Å². The third kappa shape index (κ3) is 6.77. The molecule has 0 bridgehead atoms. The molecule has 0 unspecified atom stereocenters. The maximum atomic E-state index is 13.1. The van der Waals surface area contributed by atoms with Gasteiger partial charge >= 0.3 is 18.1 Å². The van der Waals surface area contributed by atoms with Crippen LogP contribution in [0.2, 0.25) is 0 Å². The summed E-state index contributed by atoms with van der Waals surface area (Å²) in [5, 5.41) is 14.8. The predicted octanol–water partition coefficient (Wildman–Crippen LogP) is 2.37. The van der Waals surface area contributed by atoms with Crippen molar-refractivity contribution in [3.8, 4) is 0 Å². The van der Waals surface area contributed by atoms with E-state index in [0.717, 1.165) is 6.07 Å². The maximum absolute atomic E-state index is 13.1. The Morgan fingerprint density at radius 1 is 0.844 bits per heavy atom. The molecule has 1 aliphatic rings. The third-order valence-corrected chi connectivity index (χ3v) is 6.52. The molecule has 1 aliphatic heterocycles. The lowest BCUT2D eigenvalue weighted by Crippen LogP contribution is -2.48. The molecular formula is C20H21F3N2O6S. The lowest BCUT2D eigenvalue weighted by molar-refractivity contribution is -0.159. The molecule has 1 fully saturated rings. The van der Waals surface area contributed by atoms with Crippen molar-refractivity contribution in [2.24, 2.45) is 0 Å². The molecule has 2 aromatic rings. The van der Waals surface area contributed by atoms with E-state index in [4.69, 9.17) is 19.8 Å². The second-order valence-electron chi connectivity index (χ2n) is 6.76. The first-order valence-corrected chi connectivity index (χ1v) is 10.8. The van der Waals surface area contributed by atoms with Gasteiger partial charge in [-0.2, -0.15) is 17.5 Å². The van der Waals surface area contributed by atoms with Crippen molar-refractivity contribution < 1.29 is 41.4 Å². The van der Waals surface area contributed by atoms with E-state index in [2.05, 4.69) is 0 Å². The van der Waals surface area contributed by atoms with Gasteiger partial charge in [-0.05, 0) is 23.8 Å². The quantitative estimate of drug-likeness (QED) is 0.654. The average molecular weight is 474 g/mol. The van der Waals surface area contributed by atoms with Gasteiger partial charge < -0.3 is 10.2 Å². The number of aliphatic carboxylic acids is 2. The minimum Gasteiger partial charge on any atom is -0.473 e. The molecule has 1 heterocycles. The summed E-state index contributed by atoms with van der Waals surface area (Å²) < 4.78 is 65.9. The van der Waals surface area contributed by atoms with E-state index in [1.807, 2.05) is 4.90 Å². The first kappa shape index (κ1) is 25.3. The van der Waals surface area contributed by atoms with Crippen LogP contribution in [0.15, 0.2) is 59.5 Å². The number of hydrogen-bond donors (Lipinski definition) is 2. The Hall–Kier alpha value is -2.96. The van der Waals surface area contributed by atoms with Crippen LogP contribution in [0, 0.1) is 0 Å². The average Bonchev–Trinajstić information content (AvgIpc) is 2.75. The molecule has 0 spiro atoms. The Morgan fingerprint density at radius 2 is 1.34 bits per heavy atom.